The molecule has 2 N–H and O–H groups in total. The highest BCUT2D eigenvalue weighted by Crippen LogP contribution is 2.01. The maximum absolute atomic E-state index is 10.9. The second kappa shape index (κ2) is 4.23. The number of methoxy groups -OCH3 is 1. The van der Waals surface area contributed by atoms with Gasteiger partial charge in [0.15, 0.2) is 5.57 Å². The Balaban J connectivity index is 4.90. The second-order valence-electron chi connectivity index (χ2n) is 2.26. The van der Waals surface area contributed by atoms with E-state index in [9.17, 15) is 4.79 Å². The molecule has 0 aliphatic carbocycles. The monoisotopic (exact) mass is 169 g/mol. The van der Waals surface area contributed by atoms with Gasteiger partial charge in [0.25, 0.3) is 0 Å². The van der Waals surface area contributed by atoms with Crippen molar-refractivity contribution in [2.24, 2.45) is 5.73 Å². The molecule has 0 aromatic carbocycles. The maximum Gasteiger partial charge on any atom is 0.352 e. The molecule has 0 heterocycles. The van der Waals surface area contributed by atoms with Crippen LogP contribution in [0.4, 0.5) is 0 Å². The summed E-state index contributed by atoms with van der Waals surface area (Å²) < 4.78 is 4.35. The number of esters is 1. The first-order valence-corrected chi connectivity index (χ1v) is 3.20. The molecule has 0 aliphatic heterocycles. The predicted molar refractivity (Wildman–Crippen MR) is 42.5 cm³/mol. The van der Waals surface area contributed by atoms with Crippen molar-refractivity contribution in [3.05, 3.63) is 11.4 Å². The third-order valence-electron chi connectivity index (χ3n) is 1.24. The number of carbonyl (C=O) groups is 1. The molecule has 0 aliphatic rings. The average molecular weight is 169 g/mol. The van der Waals surface area contributed by atoms with Crippen LogP contribution in [0.5, 0.6) is 0 Å². The van der Waals surface area contributed by atoms with Gasteiger partial charge in [0.1, 0.15) is 11.9 Å². The van der Waals surface area contributed by atoms with Crippen LogP contribution in [0.2, 0.25) is 0 Å². The molecule has 0 unspecified atom stereocenters. The summed E-state index contributed by atoms with van der Waals surface area (Å²) in [4.78, 5) is 12.3. The highest BCUT2D eigenvalue weighted by Gasteiger charge is 2.14. The van der Waals surface area contributed by atoms with Gasteiger partial charge in [-0.3, -0.25) is 0 Å². The first-order chi connectivity index (χ1) is 5.54. The summed E-state index contributed by atoms with van der Waals surface area (Å²) in [5.41, 5.74) is 5.25. The van der Waals surface area contributed by atoms with E-state index >= 15 is 0 Å². The fraction of sp³-hybridized carbons (Fsp3) is 0.429. The Kier molecular flexibility index (Phi) is 3.63. The first-order valence-electron chi connectivity index (χ1n) is 3.20. The van der Waals surface area contributed by atoms with Crippen LogP contribution in [-0.2, 0) is 9.53 Å². The lowest BCUT2D eigenvalue weighted by atomic mass is 10.3. The van der Waals surface area contributed by atoms with Gasteiger partial charge >= 0.3 is 5.97 Å². The van der Waals surface area contributed by atoms with Gasteiger partial charge in [-0.1, -0.05) is 0 Å². The Hall–Kier alpha value is -1.70. The zero-order valence-corrected chi connectivity index (χ0v) is 7.29. The number of nitriles is 1. The Bertz CT molecular complexity index is 250. The van der Waals surface area contributed by atoms with Gasteiger partial charge < -0.3 is 15.4 Å². The lowest BCUT2D eigenvalue weighted by Crippen LogP contribution is -2.23. The molecule has 5 heteroatoms. The molecule has 0 aromatic heterocycles. The van der Waals surface area contributed by atoms with Gasteiger partial charge in [-0.05, 0) is 0 Å². The van der Waals surface area contributed by atoms with E-state index in [0.717, 1.165) is 0 Å². The van der Waals surface area contributed by atoms with Crippen LogP contribution in [-0.4, -0.2) is 32.1 Å². The quantitative estimate of drug-likeness (QED) is 0.339. The number of nitrogens with two attached hydrogens (primary N) is 1. The van der Waals surface area contributed by atoms with E-state index in [1.807, 2.05) is 0 Å². The van der Waals surface area contributed by atoms with Crippen LogP contribution >= 0.6 is 0 Å². The largest absolute Gasteiger partial charge is 0.465 e. The maximum atomic E-state index is 10.9. The van der Waals surface area contributed by atoms with Gasteiger partial charge in [-0.15, -0.1) is 0 Å². The van der Waals surface area contributed by atoms with Crippen LogP contribution in [0, 0.1) is 11.3 Å². The summed E-state index contributed by atoms with van der Waals surface area (Å²) in [5.74, 6) is -0.618. The smallest absolute Gasteiger partial charge is 0.352 e. The SMILES string of the molecule is COC(=O)/C(C#N)=C(\N)N(C)C. The van der Waals surface area contributed by atoms with Crippen LogP contribution in [0.15, 0.2) is 11.4 Å². The van der Waals surface area contributed by atoms with E-state index in [-0.39, 0.29) is 11.4 Å². The van der Waals surface area contributed by atoms with Crippen molar-refractivity contribution in [1.82, 2.24) is 4.90 Å². The van der Waals surface area contributed by atoms with Crippen molar-refractivity contribution in [1.29, 1.82) is 5.26 Å². The van der Waals surface area contributed by atoms with E-state index in [2.05, 4.69) is 4.74 Å². The van der Waals surface area contributed by atoms with Gasteiger partial charge in [0.05, 0.1) is 7.11 Å². The summed E-state index contributed by atoms with van der Waals surface area (Å²) in [6.07, 6.45) is 0. The molecule has 0 amide bonds. The lowest BCUT2D eigenvalue weighted by molar-refractivity contribution is -0.135. The van der Waals surface area contributed by atoms with E-state index in [1.165, 1.54) is 12.0 Å². The highest BCUT2D eigenvalue weighted by molar-refractivity contribution is 5.93. The van der Waals surface area contributed by atoms with E-state index in [0.29, 0.717) is 0 Å². The van der Waals surface area contributed by atoms with Crippen molar-refractivity contribution < 1.29 is 9.53 Å². The Morgan fingerprint density at radius 1 is 1.58 bits per heavy atom. The number of nitrogens with zero attached hydrogens (tertiary/aromatic N) is 2. The van der Waals surface area contributed by atoms with Crippen molar-refractivity contribution >= 4 is 5.97 Å². The summed E-state index contributed by atoms with van der Waals surface area (Å²) in [7, 11) is 4.47. The minimum atomic E-state index is -0.719. The number of hydrogen-bond acceptors (Lipinski definition) is 5. The number of carbonyl (C=O) groups excluding carboxylic acids is 1. The fourth-order valence-electron chi connectivity index (χ4n) is 0.533. The van der Waals surface area contributed by atoms with E-state index in [4.69, 9.17) is 11.0 Å². The molecule has 0 spiro atoms. The molecule has 5 nitrogen and oxygen atoms in total. The summed E-state index contributed by atoms with van der Waals surface area (Å²) in [5, 5.41) is 8.53. The molecule has 0 bridgehead atoms. The molecule has 0 atom stereocenters. The van der Waals surface area contributed by atoms with Gasteiger partial charge in [-0.2, -0.15) is 5.26 Å². The van der Waals surface area contributed by atoms with Crippen LogP contribution in [0.3, 0.4) is 0 Å². The summed E-state index contributed by atoms with van der Waals surface area (Å²) >= 11 is 0. The molecule has 0 saturated carbocycles. The molecule has 0 fully saturated rings. The Labute approximate surface area is 71.0 Å². The van der Waals surface area contributed by atoms with E-state index in [1.54, 1.807) is 20.2 Å². The standard InChI is InChI=1S/C7H11N3O2/c1-10(2)6(9)5(4-8)7(11)12-3/h9H2,1-3H3/b6-5+. The molecule has 12 heavy (non-hydrogen) atoms. The average Bonchev–Trinajstić information content (AvgIpc) is 2.05. The molecular weight excluding hydrogens is 158 g/mol. The summed E-state index contributed by atoms with van der Waals surface area (Å²) in [6.45, 7) is 0. The van der Waals surface area contributed by atoms with Gasteiger partial charge in [0, 0.05) is 14.1 Å². The first kappa shape index (κ1) is 10.3. The Morgan fingerprint density at radius 2 is 2.08 bits per heavy atom. The van der Waals surface area contributed by atoms with Crippen molar-refractivity contribution in [2.45, 2.75) is 0 Å². The number of hydrogen-bond donors (Lipinski definition) is 1. The van der Waals surface area contributed by atoms with E-state index < -0.39 is 5.97 Å². The van der Waals surface area contributed by atoms with Crippen molar-refractivity contribution in [2.75, 3.05) is 21.2 Å². The molecule has 0 radical (unpaired) electrons. The Morgan fingerprint density at radius 3 is 2.33 bits per heavy atom. The van der Waals surface area contributed by atoms with Crippen LogP contribution in [0.1, 0.15) is 0 Å². The molecular formula is C7H11N3O2. The van der Waals surface area contributed by atoms with Crippen LogP contribution in [0.25, 0.3) is 0 Å². The lowest BCUT2D eigenvalue weighted by Gasteiger charge is -2.12. The highest BCUT2D eigenvalue weighted by atomic mass is 16.5. The molecule has 0 aromatic rings. The summed E-state index contributed by atoms with van der Waals surface area (Å²) in [6, 6.07) is 1.67. The molecule has 0 saturated heterocycles. The number of ether oxygens (including phenoxy) is 1. The second-order valence-corrected chi connectivity index (χ2v) is 2.26. The number of rotatable bonds is 2. The molecule has 0 rings (SSSR count). The van der Waals surface area contributed by atoms with Crippen LogP contribution < -0.4 is 5.73 Å². The normalized spacial score (nSPS) is 11.2. The third kappa shape index (κ3) is 2.16. The van der Waals surface area contributed by atoms with Crippen molar-refractivity contribution in [3.63, 3.8) is 0 Å². The zero-order chi connectivity index (χ0) is 9.72. The molecule has 66 valence electrons. The fourth-order valence-corrected chi connectivity index (χ4v) is 0.533. The topological polar surface area (TPSA) is 79.3 Å². The predicted octanol–water partition coefficient (Wildman–Crippen LogP) is -0.585. The minimum absolute atomic E-state index is 0.101. The van der Waals surface area contributed by atoms with Gasteiger partial charge in [-0.25, -0.2) is 4.79 Å². The van der Waals surface area contributed by atoms with Gasteiger partial charge in [0.2, 0.25) is 0 Å². The minimum Gasteiger partial charge on any atom is -0.465 e. The van der Waals surface area contributed by atoms with Crippen molar-refractivity contribution in [3.8, 4) is 6.07 Å². The third-order valence-corrected chi connectivity index (χ3v) is 1.24. The zero-order valence-electron chi connectivity index (χ0n) is 7.29.